The van der Waals surface area contributed by atoms with Crippen molar-refractivity contribution >= 4 is 21.6 Å². The lowest BCUT2D eigenvalue weighted by molar-refractivity contribution is 0.575. The third-order valence-electron chi connectivity index (χ3n) is 2.42. The van der Waals surface area contributed by atoms with Gasteiger partial charge < -0.3 is 0 Å². The Balaban J connectivity index is 2.70. The molecule has 0 unspecified atom stereocenters. The molecule has 0 spiro atoms. The minimum absolute atomic E-state index is 0.0943. The molecule has 0 bridgehead atoms. The Kier molecular flexibility index (Phi) is 2.51. The molecule has 80 valence electrons. The van der Waals surface area contributed by atoms with Crippen LogP contribution in [0.1, 0.15) is 38.3 Å². The molecule has 2 nitrogen and oxygen atoms in total. The summed E-state index contributed by atoms with van der Waals surface area (Å²) in [6.07, 6.45) is 2.75. The Bertz CT molecular complexity index is 480. The summed E-state index contributed by atoms with van der Waals surface area (Å²) in [4.78, 5) is 10.1. The SMILES string of the molecule is CCc1cc2ncnc(C(C)(C)C)c2s1. The lowest BCUT2D eigenvalue weighted by atomic mass is 9.92. The molecule has 0 aromatic carbocycles. The van der Waals surface area contributed by atoms with Crippen LogP contribution in [0, 0.1) is 0 Å². The fraction of sp³-hybridized carbons (Fsp3) is 0.500. The van der Waals surface area contributed by atoms with Crippen LogP contribution in [0.4, 0.5) is 0 Å². The average molecular weight is 220 g/mol. The normalized spacial score (nSPS) is 12.3. The van der Waals surface area contributed by atoms with Gasteiger partial charge in [-0.15, -0.1) is 11.3 Å². The molecule has 0 aliphatic heterocycles. The highest BCUT2D eigenvalue weighted by molar-refractivity contribution is 7.19. The first kappa shape index (κ1) is 10.6. The maximum atomic E-state index is 4.43. The van der Waals surface area contributed by atoms with Crippen molar-refractivity contribution in [3.63, 3.8) is 0 Å². The molecule has 2 aromatic rings. The zero-order valence-corrected chi connectivity index (χ0v) is 10.5. The van der Waals surface area contributed by atoms with Crippen LogP contribution in [0.15, 0.2) is 12.4 Å². The van der Waals surface area contributed by atoms with Gasteiger partial charge in [-0.2, -0.15) is 0 Å². The standard InChI is InChI=1S/C12H16N2S/c1-5-8-6-9-10(15-8)11(12(2,3)4)14-7-13-9/h6-7H,5H2,1-4H3. The number of nitrogens with zero attached hydrogens (tertiary/aromatic N) is 2. The monoisotopic (exact) mass is 220 g/mol. The van der Waals surface area contributed by atoms with Gasteiger partial charge >= 0.3 is 0 Å². The molecule has 0 aliphatic carbocycles. The number of hydrogen-bond donors (Lipinski definition) is 0. The molecular formula is C12H16N2S. The predicted octanol–water partition coefficient (Wildman–Crippen LogP) is 3.55. The van der Waals surface area contributed by atoms with Gasteiger partial charge in [0.1, 0.15) is 6.33 Å². The third-order valence-corrected chi connectivity index (χ3v) is 3.70. The number of aryl methyl sites for hydroxylation is 1. The number of fused-ring (bicyclic) bond motifs is 1. The van der Waals surface area contributed by atoms with E-state index in [0.717, 1.165) is 17.6 Å². The molecule has 0 fully saturated rings. The molecule has 0 atom stereocenters. The van der Waals surface area contributed by atoms with Gasteiger partial charge in [-0.25, -0.2) is 9.97 Å². The molecule has 0 amide bonds. The molecule has 2 aromatic heterocycles. The van der Waals surface area contributed by atoms with Crippen molar-refractivity contribution in [1.29, 1.82) is 0 Å². The topological polar surface area (TPSA) is 25.8 Å². The van der Waals surface area contributed by atoms with Gasteiger partial charge in [0.25, 0.3) is 0 Å². The summed E-state index contributed by atoms with van der Waals surface area (Å²) in [5.74, 6) is 0. The van der Waals surface area contributed by atoms with Crippen molar-refractivity contribution in [3.8, 4) is 0 Å². The second kappa shape index (κ2) is 3.56. The second-order valence-corrected chi connectivity index (χ2v) is 5.89. The summed E-state index contributed by atoms with van der Waals surface area (Å²) < 4.78 is 1.25. The second-order valence-electron chi connectivity index (χ2n) is 4.75. The van der Waals surface area contributed by atoms with Crippen molar-refractivity contribution in [3.05, 3.63) is 23.0 Å². The van der Waals surface area contributed by atoms with Crippen LogP contribution in [0.3, 0.4) is 0 Å². The Morgan fingerprint density at radius 3 is 2.60 bits per heavy atom. The largest absolute Gasteiger partial charge is 0.239 e. The minimum atomic E-state index is 0.0943. The maximum Gasteiger partial charge on any atom is 0.116 e. The van der Waals surface area contributed by atoms with E-state index in [-0.39, 0.29) is 5.41 Å². The van der Waals surface area contributed by atoms with Crippen LogP contribution in [0.2, 0.25) is 0 Å². The fourth-order valence-corrected chi connectivity index (χ4v) is 2.86. The zero-order valence-electron chi connectivity index (χ0n) is 9.66. The molecule has 2 rings (SSSR count). The van der Waals surface area contributed by atoms with E-state index in [1.165, 1.54) is 9.58 Å². The van der Waals surface area contributed by atoms with Crippen molar-refractivity contribution in [2.75, 3.05) is 0 Å². The average Bonchev–Trinajstić information content (AvgIpc) is 2.57. The van der Waals surface area contributed by atoms with Crippen molar-refractivity contribution in [1.82, 2.24) is 9.97 Å². The summed E-state index contributed by atoms with van der Waals surface area (Å²) >= 11 is 1.83. The van der Waals surface area contributed by atoms with E-state index < -0.39 is 0 Å². The van der Waals surface area contributed by atoms with E-state index in [2.05, 4.69) is 43.7 Å². The lowest BCUT2D eigenvalue weighted by Crippen LogP contribution is -2.13. The Morgan fingerprint density at radius 1 is 1.27 bits per heavy atom. The molecule has 15 heavy (non-hydrogen) atoms. The van der Waals surface area contributed by atoms with Gasteiger partial charge in [0.05, 0.1) is 15.9 Å². The minimum Gasteiger partial charge on any atom is -0.239 e. The van der Waals surface area contributed by atoms with Crippen molar-refractivity contribution in [2.45, 2.75) is 39.5 Å². The number of aromatic nitrogens is 2. The molecule has 0 N–H and O–H groups in total. The summed E-state index contributed by atoms with van der Waals surface area (Å²) in [7, 11) is 0. The molecule has 0 saturated carbocycles. The molecule has 0 aliphatic rings. The summed E-state index contributed by atoms with van der Waals surface area (Å²) in [6.45, 7) is 8.76. The van der Waals surface area contributed by atoms with E-state index in [1.54, 1.807) is 6.33 Å². The van der Waals surface area contributed by atoms with Crippen LogP contribution in [0.5, 0.6) is 0 Å². The van der Waals surface area contributed by atoms with Crippen molar-refractivity contribution in [2.24, 2.45) is 0 Å². The van der Waals surface area contributed by atoms with Gasteiger partial charge in [0, 0.05) is 10.3 Å². The van der Waals surface area contributed by atoms with Crippen LogP contribution < -0.4 is 0 Å². The first-order chi connectivity index (χ1) is 7.02. The fourth-order valence-electron chi connectivity index (χ4n) is 1.61. The van der Waals surface area contributed by atoms with E-state index in [1.807, 2.05) is 11.3 Å². The quantitative estimate of drug-likeness (QED) is 0.734. The van der Waals surface area contributed by atoms with E-state index in [4.69, 9.17) is 0 Å². The highest BCUT2D eigenvalue weighted by atomic mass is 32.1. The third kappa shape index (κ3) is 1.88. The first-order valence-corrected chi connectivity index (χ1v) is 6.08. The van der Waals surface area contributed by atoms with E-state index in [0.29, 0.717) is 0 Å². The lowest BCUT2D eigenvalue weighted by Gasteiger charge is -2.17. The smallest absolute Gasteiger partial charge is 0.116 e. The Hall–Kier alpha value is -0.960. The van der Waals surface area contributed by atoms with E-state index >= 15 is 0 Å². The molecular weight excluding hydrogens is 204 g/mol. The van der Waals surface area contributed by atoms with Crippen LogP contribution in [-0.2, 0) is 11.8 Å². The van der Waals surface area contributed by atoms with E-state index in [9.17, 15) is 0 Å². The summed E-state index contributed by atoms with van der Waals surface area (Å²) in [5.41, 5.74) is 2.35. The van der Waals surface area contributed by atoms with Gasteiger partial charge in [-0.3, -0.25) is 0 Å². The van der Waals surface area contributed by atoms with Crippen LogP contribution in [0.25, 0.3) is 10.2 Å². The Morgan fingerprint density at radius 2 is 2.00 bits per heavy atom. The predicted molar refractivity (Wildman–Crippen MR) is 65.5 cm³/mol. The summed E-state index contributed by atoms with van der Waals surface area (Å²) in [6, 6.07) is 2.18. The molecule has 0 saturated heterocycles. The van der Waals surface area contributed by atoms with Crippen LogP contribution in [-0.4, -0.2) is 9.97 Å². The summed E-state index contributed by atoms with van der Waals surface area (Å²) in [5, 5.41) is 0. The zero-order chi connectivity index (χ0) is 11.1. The first-order valence-electron chi connectivity index (χ1n) is 5.26. The number of thiophene rings is 1. The van der Waals surface area contributed by atoms with Gasteiger partial charge in [-0.05, 0) is 12.5 Å². The highest BCUT2D eigenvalue weighted by Crippen LogP contribution is 2.32. The van der Waals surface area contributed by atoms with Gasteiger partial charge in [0.2, 0.25) is 0 Å². The van der Waals surface area contributed by atoms with Crippen molar-refractivity contribution < 1.29 is 0 Å². The molecule has 3 heteroatoms. The van der Waals surface area contributed by atoms with Gasteiger partial charge in [-0.1, -0.05) is 27.7 Å². The van der Waals surface area contributed by atoms with Gasteiger partial charge in [0.15, 0.2) is 0 Å². The number of rotatable bonds is 1. The maximum absolute atomic E-state index is 4.43. The molecule has 0 radical (unpaired) electrons. The Labute approximate surface area is 94.4 Å². The highest BCUT2D eigenvalue weighted by Gasteiger charge is 2.20. The number of hydrogen-bond acceptors (Lipinski definition) is 3. The molecule has 2 heterocycles. The van der Waals surface area contributed by atoms with Crippen LogP contribution >= 0.6 is 11.3 Å².